The minimum absolute atomic E-state index is 0.0168. The van der Waals surface area contributed by atoms with Crippen LogP contribution in [0.4, 0.5) is 9.59 Å². The van der Waals surface area contributed by atoms with E-state index in [1.165, 1.54) is 6.92 Å². The molecule has 2 aromatic rings. The molecule has 0 aliphatic carbocycles. The summed E-state index contributed by atoms with van der Waals surface area (Å²) in [5.74, 6) is -3.45. The molecule has 2 rings (SSSR count). The maximum Gasteiger partial charge on any atom is 0.408 e. The first-order valence-electron chi connectivity index (χ1n) is 20.5. The van der Waals surface area contributed by atoms with E-state index >= 15 is 0 Å². The molecule has 0 saturated heterocycles. The predicted octanol–water partition coefficient (Wildman–Crippen LogP) is 4.85. The van der Waals surface area contributed by atoms with Crippen molar-refractivity contribution in [2.75, 3.05) is 19.0 Å². The summed E-state index contributed by atoms with van der Waals surface area (Å²) in [7, 11) is 0. The zero-order chi connectivity index (χ0) is 47.6. The number of hydrogen-bond acceptors (Lipinski definition) is 15. The molecule has 0 saturated carbocycles. The van der Waals surface area contributed by atoms with Crippen molar-refractivity contribution in [3.8, 4) is 0 Å². The molecule has 4 amide bonds. The van der Waals surface area contributed by atoms with Gasteiger partial charge in [0, 0.05) is 18.6 Å². The molecule has 0 aromatic heterocycles. The Bertz CT molecular complexity index is 1770. The van der Waals surface area contributed by atoms with E-state index in [2.05, 4.69) is 33.9 Å². The maximum absolute atomic E-state index is 12.6. The number of alkyl carbamates (subject to hydrolysis) is 2. The highest BCUT2D eigenvalue weighted by molar-refractivity contribution is 7.80. The van der Waals surface area contributed by atoms with E-state index < -0.39 is 83.2 Å². The first kappa shape index (κ1) is 55.2. The summed E-state index contributed by atoms with van der Waals surface area (Å²) >= 11 is 4.05. The van der Waals surface area contributed by atoms with Crippen LogP contribution in [0.1, 0.15) is 99.1 Å². The van der Waals surface area contributed by atoms with E-state index in [0.29, 0.717) is 0 Å². The summed E-state index contributed by atoms with van der Waals surface area (Å²) < 4.78 is 30.7. The van der Waals surface area contributed by atoms with Gasteiger partial charge in [-0.1, -0.05) is 60.7 Å². The molecule has 0 aliphatic rings. The van der Waals surface area contributed by atoms with Crippen LogP contribution in [0.5, 0.6) is 0 Å². The normalized spacial score (nSPS) is 12.8. The summed E-state index contributed by atoms with van der Waals surface area (Å²) in [5, 5.41) is 9.91. The highest BCUT2D eigenvalue weighted by atomic mass is 32.1. The Morgan fingerprint density at radius 3 is 1.25 bits per heavy atom. The number of nitrogens with one attached hydrogen (secondary N) is 4. The zero-order valence-corrected chi connectivity index (χ0v) is 38.5. The fraction of sp³-hybridized carbons (Fsp3) is 0.545. The number of carbonyl (C=O) groups excluding carboxylic acids is 8. The second-order valence-corrected chi connectivity index (χ2v) is 16.1. The predicted molar refractivity (Wildman–Crippen MR) is 234 cm³/mol. The van der Waals surface area contributed by atoms with Gasteiger partial charge in [0.15, 0.2) is 0 Å². The number of ether oxygens (including phenoxy) is 6. The van der Waals surface area contributed by atoms with Crippen molar-refractivity contribution >= 4 is 60.5 Å². The number of hydrogen-bond donors (Lipinski definition) is 5. The summed E-state index contributed by atoms with van der Waals surface area (Å²) in [6, 6.07) is 14.2. The van der Waals surface area contributed by atoms with Gasteiger partial charge in [-0.15, -0.1) is 0 Å². The largest absolute Gasteiger partial charge is 0.464 e. The van der Waals surface area contributed by atoms with Crippen LogP contribution in [0.3, 0.4) is 0 Å². The molecule has 4 N–H and O–H groups in total. The summed E-state index contributed by atoms with van der Waals surface area (Å²) in [6.45, 7) is 15.4. The molecule has 18 nitrogen and oxygen atoms in total. The highest BCUT2D eigenvalue weighted by Crippen LogP contribution is 2.12. The first-order chi connectivity index (χ1) is 29.6. The standard InChI is InChI=1S/C22H32N2O7S.C22H32N2O7/c1-5-29-20(27)17(14-32)23-18(25)12-11-16(24-21(28)31-22(2,3)4)19(26)30-13-15-9-7-6-8-10-15;1-6-29-19(26)15(2)23-18(25)13-12-17(24-21(28)31-22(3,4)5)20(27)30-14-16-10-8-7-9-11-16/h6-10,16-17,32H,5,11-14H2,1-4H3,(H,23,25)(H,24,28);7-11,15,17H,6,12-14H2,1-5H3,(H,23,25)(H,24,28)/t16-,17-;15-,17-/m00/s1. The van der Waals surface area contributed by atoms with Gasteiger partial charge in [-0.2, -0.15) is 12.6 Å². The molecule has 0 spiro atoms. The molecule has 0 heterocycles. The molecular weight excluding hydrogens is 841 g/mol. The number of benzene rings is 2. The Kier molecular flexibility index (Phi) is 25.1. The van der Waals surface area contributed by atoms with Crippen LogP contribution in [-0.2, 0) is 70.4 Å². The smallest absolute Gasteiger partial charge is 0.408 e. The van der Waals surface area contributed by atoms with Crippen molar-refractivity contribution in [2.45, 2.75) is 137 Å². The topological polar surface area (TPSA) is 240 Å². The van der Waals surface area contributed by atoms with Crippen LogP contribution in [-0.4, -0.2) is 102 Å². The molecular formula is C44H64N4O14S. The minimum atomic E-state index is -1.11. The molecule has 0 unspecified atom stereocenters. The Morgan fingerprint density at radius 2 is 0.889 bits per heavy atom. The van der Waals surface area contributed by atoms with Crippen LogP contribution in [0, 0.1) is 0 Å². The van der Waals surface area contributed by atoms with Crippen LogP contribution >= 0.6 is 12.6 Å². The fourth-order valence-corrected chi connectivity index (χ4v) is 5.18. The highest BCUT2D eigenvalue weighted by Gasteiger charge is 2.29. The molecule has 0 fully saturated rings. The van der Waals surface area contributed by atoms with Crippen LogP contribution in [0.15, 0.2) is 60.7 Å². The molecule has 2 aromatic carbocycles. The monoisotopic (exact) mass is 904 g/mol. The summed E-state index contributed by atoms with van der Waals surface area (Å²) in [4.78, 5) is 97.4. The van der Waals surface area contributed by atoms with Gasteiger partial charge in [-0.25, -0.2) is 28.8 Å². The number of esters is 4. The number of rotatable bonds is 21. The van der Waals surface area contributed by atoms with Gasteiger partial charge in [-0.05, 0) is 86.3 Å². The van der Waals surface area contributed by atoms with E-state index in [-0.39, 0.29) is 57.9 Å². The fourth-order valence-electron chi connectivity index (χ4n) is 4.94. The van der Waals surface area contributed by atoms with Gasteiger partial charge < -0.3 is 49.7 Å². The zero-order valence-electron chi connectivity index (χ0n) is 37.6. The van der Waals surface area contributed by atoms with E-state index in [9.17, 15) is 38.4 Å². The molecule has 63 heavy (non-hydrogen) atoms. The number of carbonyl (C=O) groups is 8. The third kappa shape index (κ3) is 25.6. The molecule has 4 atom stereocenters. The molecule has 0 radical (unpaired) electrons. The van der Waals surface area contributed by atoms with E-state index in [1.54, 1.807) is 79.7 Å². The number of thiol groups is 1. The van der Waals surface area contributed by atoms with E-state index in [4.69, 9.17) is 28.4 Å². The lowest BCUT2D eigenvalue weighted by Gasteiger charge is -2.23. The maximum atomic E-state index is 12.6. The van der Waals surface area contributed by atoms with E-state index in [1.807, 2.05) is 36.4 Å². The van der Waals surface area contributed by atoms with Gasteiger partial charge >= 0.3 is 36.1 Å². The third-order valence-corrected chi connectivity index (χ3v) is 8.19. The molecule has 0 bridgehead atoms. The van der Waals surface area contributed by atoms with Crippen LogP contribution in [0.25, 0.3) is 0 Å². The molecule has 19 heteroatoms. The van der Waals surface area contributed by atoms with Crippen molar-refractivity contribution < 1.29 is 66.8 Å². The lowest BCUT2D eigenvalue weighted by Crippen LogP contribution is -2.46. The Hall–Kier alpha value is -5.85. The van der Waals surface area contributed by atoms with Crippen molar-refractivity contribution in [2.24, 2.45) is 0 Å². The molecule has 350 valence electrons. The van der Waals surface area contributed by atoms with Gasteiger partial charge in [0.1, 0.15) is 48.6 Å². The lowest BCUT2D eigenvalue weighted by atomic mass is 10.1. The van der Waals surface area contributed by atoms with Crippen LogP contribution in [0.2, 0.25) is 0 Å². The van der Waals surface area contributed by atoms with Gasteiger partial charge in [0.05, 0.1) is 13.2 Å². The van der Waals surface area contributed by atoms with Crippen molar-refractivity contribution in [1.82, 2.24) is 21.3 Å². The van der Waals surface area contributed by atoms with Gasteiger partial charge in [0.25, 0.3) is 0 Å². The number of amides is 4. The first-order valence-corrected chi connectivity index (χ1v) is 21.1. The van der Waals surface area contributed by atoms with Crippen molar-refractivity contribution in [1.29, 1.82) is 0 Å². The summed E-state index contributed by atoms with van der Waals surface area (Å²) in [5.41, 5.74) is 0.0440. The summed E-state index contributed by atoms with van der Waals surface area (Å²) in [6.07, 6.45) is -1.96. The second-order valence-electron chi connectivity index (χ2n) is 15.8. The Labute approximate surface area is 375 Å². The minimum Gasteiger partial charge on any atom is -0.464 e. The third-order valence-electron chi connectivity index (χ3n) is 7.83. The van der Waals surface area contributed by atoms with Crippen molar-refractivity contribution in [3.05, 3.63) is 71.8 Å². The Balaban J connectivity index is 0.000000630. The second kappa shape index (κ2) is 28.7. The molecule has 0 aliphatic heterocycles. The Morgan fingerprint density at radius 1 is 0.524 bits per heavy atom. The SMILES string of the molecule is CCOC(=O)[C@H](C)NC(=O)CC[C@H](NC(=O)OC(C)(C)C)C(=O)OCc1ccccc1.CCOC(=O)[C@H](CS)NC(=O)CC[C@H](NC(=O)OC(C)(C)C)C(=O)OCc1ccccc1. The van der Waals surface area contributed by atoms with Crippen molar-refractivity contribution in [3.63, 3.8) is 0 Å². The van der Waals surface area contributed by atoms with E-state index in [0.717, 1.165) is 11.1 Å². The van der Waals surface area contributed by atoms with Gasteiger partial charge in [0.2, 0.25) is 11.8 Å². The average molecular weight is 905 g/mol. The van der Waals surface area contributed by atoms with Crippen LogP contribution < -0.4 is 21.3 Å². The quantitative estimate of drug-likeness (QED) is 0.0640. The average Bonchev–Trinajstić information content (AvgIpc) is 3.20. The van der Waals surface area contributed by atoms with Gasteiger partial charge in [-0.3, -0.25) is 9.59 Å². The lowest BCUT2D eigenvalue weighted by molar-refractivity contribution is -0.149.